The summed E-state index contributed by atoms with van der Waals surface area (Å²) >= 11 is -0.770. The van der Waals surface area contributed by atoms with Crippen molar-refractivity contribution in [2.45, 2.75) is 117 Å². The van der Waals surface area contributed by atoms with Gasteiger partial charge in [0.15, 0.2) is 0 Å². The van der Waals surface area contributed by atoms with E-state index in [1.165, 1.54) is 94.5 Å². The maximum absolute atomic E-state index is 2.50. The molecule has 22 heavy (non-hydrogen) atoms. The minimum atomic E-state index is -0.770. The van der Waals surface area contributed by atoms with Gasteiger partial charge >= 0.3 is 108 Å². The number of hydrogen-bond donors (Lipinski definition) is 1. The number of halogens is 1. The van der Waals surface area contributed by atoms with Crippen LogP contribution < -0.4 is 6.15 Å². The van der Waals surface area contributed by atoms with Gasteiger partial charge in [0.25, 0.3) is 0 Å². The zero-order valence-electron chi connectivity index (χ0n) is 16.0. The molecule has 0 atom stereocenters. The molecule has 145 valence electrons. The largest absolute Gasteiger partial charge is 0.344 e. The molecule has 0 aromatic heterocycles. The second-order valence-electron chi connectivity index (χ2n) is 6.79. The Morgan fingerprint density at radius 3 is 1.05 bits per heavy atom. The van der Waals surface area contributed by atoms with Gasteiger partial charge in [0, 0.05) is 0 Å². The van der Waals surface area contributed by atoms with Crippen molar-refractivity contribution in [1.29, 1.82) is 0 Å². The van der Waals surface area contributed by atoms with Gasteiger partial charge in [-0.05, 0) is 0 Å². The van der Waals surface area contributed by atoms with E-state index in [0.29, 0.717) is 0 Å². The van der Waals surface area contributed by atoms with E-state index in [1.807, 2.05) is 0 Å². The fourth-order valence-electron chi connectivity index (χ4n) is 2.59. The first-order valence-electron chi connectivity index (χ1n) is 8.82. The normalized spacial score (nSPS) is 11.6. The third kappa shape index (κ3) is 26.1. The van der Waals surface area contributed by atoms with Crippen LogP contribution in [-0.4, -0.2) is 0 Å². The first-order valence-corrected chi connectivity index (χ1v) is 14.3. The first-order chi connectivity index (χ1) is 9.56. The van der Waals surface area contributed by atoms with Crippen LogP contribution in [0.15, 0.2) is 0 Å². The summed E-state index contributed by atoms with van der Waals surface area (Å²) in [4.78, 5) is 0. The van der Waals surface area contributed by atoms with Crippen LogP contribution >= 0.6 is 17.0 Å². The van der Waals surface area contributed by atoms with Gasteiger partial charge < -0.3 is 6.15 Å². The summed E-state index contributed by atoms with van der Waals surface area (Å²) in [7, 11) is 0. The Hall–Kier alpha value is 1.18. The molecule has 0 aromatic carbocycles. The SMILES string of the molecule is Br.CCCCCCCCCCCCCCC[CH2][Ag]([CH3])([CH3])[CH3].N. The summed E-state index contributed by atoms with van der Waals surface area (Å²) in [6.45, 7) is 2.30. The minimum absolute atomic E-state index is 0. The van der Waals surface area contributed by atoms with Crippen molar-refractivity contribution < 1.29 is 17.1 Å². The number of hydrogen-bond acceptors (Lipinski definition) is 1. The van der Waals surface area contributed by atoms with E-state index >= 15 is 0 Å². The van der Waals surface area contributed by atoms with Crippen LogP contribution in [0.25, 0.3) is 0 Å². The Kier molecular flexibility index (Phi) is 25.7. The Bertz CT molecular complexity index is 192. The van der Waals surface area contributed by atoms with E-state index < -0.39 is 17.1 Å². The second-order valence-corrected chi connectivity index (χ2v) is 15.1. The molecule has 0 amide bonds. The van der Waals surface area contributed by atoms with Gasteiger partial charge in [0.1, 0.15) is 0 Å². The fourth-order valence-corrected chi connectivity index (χ4v) is 4.53. The fraction of sp³-hybridized carbons (Fsp3) is 1.00. The van der Waals surface area contributed by atoms with Crippen molar-refractivity contribution in [3.8, 4) is 0 Å². The van der Waals surface area contributed by atoms with E-state index in [9.17, 15) is 0 Å². The monoisotopic (exact) mass is 474 g/mol. The molecule has 0 unspecified atom stereocenters. The quantitative estimate of drug-likeness (QED) is 0.186. The third-order valence-electron chi connectivity index (χ3n) is 3.91. The average Bonchev–Trinajstić information content (AvgIpc) is 2.38. The molecule has 3 N–H and O–H groups in total. The number of rotatable bonds is 15. The van der Waals surface area contributed by atoms with Crippen LogP contribution in [0.4, 0.5) is 0 Å². The standard InChI is InChI=1S/C16H33.3CH3.Ag.BrH.H3N/c1-3-5-7-9-11-13-15-16-14-12-10-8-6-4-2;;;;;;/h1,3-16H2,2H3;3*1H3;;1H;1H3. The summed E-state index contributed by atoms with van der Waals surface area (Å²) in [6.07, 6.45) is 20.6. The molecule has 0 aliphatic heterocycles. The van der Waals surface area contributed by atoms with Gasteiger partial charge in [-0.2, -0.15) is 0 Å². The Labute approximate surface area is 156 Å². The van der Waals surface area contributed by atoms with Crippen LogP contribution in [-0.2, 0) is 17.1 Å². The molecule has 0 heterocycles. The van der Waals surface area contributed by atoms with Gasteiger partial charge in [-0.3, -0.25) is 0 Å². The van der Waals surface area contributed by atoms with E-state index in [1.54, 1.807) is 0 Å². The van der Waals surface area contributed by atoms with E-state index in [0.717, 1.165) is 0 Å². The minimum Gasteiger partial charge on any atom is -0.344 e. The zero-order valence-corrected chi connectivity index (χ0v) is 19.2. The second kappa shape index (κ2) is 20.2. The van der Waals surface area contributed by atoms with Crippen molar-refractivity contribution in [2.24, 2.45) is 0 Å². The molecule has 0 spiro atoms. The van der Waals surface area contributed by atoms with Crippen LogP contribution in [0.1, 0.15) is 96.8 Å². The maximum Gasteiger partial charge on any atom is -0.344 e. The van der Waals surface area contributed by atoms with Crippen molar-refractivity contribution in [1.82, 2.24) is 6.15 Å². The van der Waals surface area contributed by atoms with Crippen molar-refractivity contribution >= 4 is 17.0 Å². The maximum atomic E-state index is 2.50. The van der Waals surface area contributed by atoms with Gasteiger partial charge in [-0.1, -0.05) is 26.2 Å². The van der Waals surface area contributed by atoms with E-state index in [-0.39, 0.29) is 23.1 Å². The predicted molar refractivity (Wildman–Crippen MR) is 108 cm³/mol. The van der Waals surface area contributed by atoms with E-state index in [2.05, 4.69) is 22.3 Å². The summed E-state index contributed by atoms with van der Waals surface area (Å²) in [5, 5.41) is 7.49. The molecule has 0 saturated heterocycles. The molecule has 1 nitrogen and oxygen atoms in total. The molecule has 0 fully saturated rings. The van der Waals surface area contributed by atoms with Crippen LogP contribution in [0, 0.1) is 0 Å². The van der Waals surface area contributed by atoms with Crippen LogP contribution in [0.3, 0.4) is 0 Å². The molecule has 0 bridgehead atoms. The number of unbranched alkanes of at least 4 members (excludes halogenated alkanes) is 13. The van der Waals surface area contributed by atoms with Gasteiger partial charge in [0.2, 0.25) is 0 Å². The molecule has 0 aliphatic carbocycles. The predicted octanol–water partition coefficient (Wildman–Crippen LogP) is 8.92. The zero-order chi connectivity index (χ0) is 15.1. The summed E-state index contributed by atoms with van der Waals surface area (Å²) in [5.41, 5.74) is 0. The van der Waals surface area contributed by atoms with Crippen molar-refractivity contribution in [2.75, 3.05) is 0 Å². The Morgan fingerprint density at radius 2 is 0.773 bits per heavy atom. The Balaban J connectivity index is -0.00000180. The first kappa shape index (κ1) is 28.0. The smallest absolute Gasteiger partial charge is 0.344 e. The van der Waals surface area contributed by atoms with E-state index in [4.69, 9.17) is 0 Å². The molecular weight excluding hydrogens is 430 g/mol. The van der Waals surface area contributed by atoms with Crippen molar-refractivity contribution in [3.05, 3.63) is 0 Å². The summed E-state index contributed by atoms with van der Waals surface area (Å²) in [5.74, 6) is 0. The van der Waals surface area contributed by atoms with Gasteiger partial charge in [0.05, 0.1) is 0 Å². The van der Waals surface area contributed by atoms with Crippen molar-refractivity contribution in [3.63, 3.8) is 0 Å². The third-order valence-corrected chi connectivity index (χ3v) is 6.66. The summed E-state index contributed by atoms with van der Waals surface area (Å²) < 4.78 is 1.53. The molecule has 0 aromatic rings. The Morgan fingerprint density at radius 1 is 0.500 bits per heavy atom. The molecule has 0 rings (SSSR count). The average molecular weight is 476 g/mol. The molecular formula is C19H46AgBrN. The topological polar surface area (TPSA) is 35.0 Å². The van der Waals surface area contributed by atoms with Gasteiger partial charge in [-0.25, -0.2) is 0 Å². The van der Waals surface area contributed by atoms with Crippen LogP contribution in [0.5, 0.6) is 0 Å². The molecule has 3 heteroatoms. The molecule has 0 saturated carbocycles. The van der Waals surface area contributed by atoms with Crippen LogP contribution in [0.2, 0.25) is 20.1 Å². The molecule has 0 radical (unpaired) electrons. The summed E-state index contributed by atoms with van der Waals surface area (Å²) in [6, 6.07) is 0. The van der Waals surface area contributed by atoms with Gasteiger partial charge in [-0.15, -0.1) is 17.0 Å². The molecule has 0 aliphatic rings.